The summed E-state index contributed by atoms with van der Waals surface area (Å²) in [5, 5.41) is 0. The fraction of sp³-hybridized carbons (Fsp3) is 0. The number of hydrogen-bond acceptors (Lipinski definition) is 3. The average Bonchev–Trinajstić information content (AvgIpc) is 2.44. The van der Waals surface area contributed by atoms with Crippen LogP contribution in [0.5, 0.6) is 0 Å². The Morgan fingerprint density at radius 2 is 1.33 bits per heavy atom. The summed E-state index contributed by atoms with van der Waals surface area (Å²) < 4.78 is 0. The Balaban J connectivity index is 2.37. The molecule has 0 saturated heterocycles. The van der Waals surface area contributed by atoms with Crippen LogP contribution in [0.15, 0.2) is 42.5 Å². The van der Waals surface area contributed by atoms with Gasteiger partial charge in [0.15, 0.2) is 17.9 Å². The maximum absolute atomic E-state index is 12.3. The Morgan fingerprint density at radius 1 is 0.722 bits per heavy atom. The second kappa shape index (κ2) is 3.74. The van der Waals surface area contributed by atoms with Crippen LogP contribution in [0.1, 0.15) is 42.2 Å². The summed E-state index contributed by atoms with van der Waals surface area (Å²) in [6.45, 7) is 0. The monoisotopic (exact) mass is 236 g/mol. The molecule has 0 amide bonds. The van der Waals surface area contributed by atoms with Crippen LogP contribution in [0.4, 0.5) is 0 Å². The van der Waals surface area contributed by atoms with E-state index >= 15 is 0 Å². The Bertz CT molecular complexity index is 699. The molecule has 3 heteroatoms. The maximum Gasteiger partial charge on any atom is 0.195 e. The summed E-state index contributed by atoms with van der Waals surface area (Å²) in [5.41, 5.74) is 1.56. The highest BCUT2D eigenvalue weighted by atomic mass is 16.1. The van der Waals surface area contributed by atoms with Gasteiger partial charge in [-0.05, 0) is 0 Å². The smallest absolute Gasteiger partial charge is 0.195 e. The Labute approximate surface area is 103 Å². The molecular formula is C15H8O3. The molecule has 0 aromatic heterocycles. The molecule has 18 heavy (non-hydrogen) atoms. The first-order valence-electron chi connectivity index (χ1n) is 5.50. The van der Waals surface area contributed by atoms with Crippen molar-refractivity contribution in [1.29, 1.82) is 0 Å². The van der Waals surface area contributed by atoms with Gasteiger partial charge in [0.25, 0.3) is 0 Å². The number of carbonyl (C=O) groups excluding carboxylic acids is 3. The third kappa shape index (κ3) is 1.27. The minimum atomic E-state index is -0.261. The molecule has 0 spiro atoms. The highest BCUT2D eigenvalue weighted by Crippen LogP contribution is 2.28. The van der Waals surface area contributed by atoms with Crippen LogP contribution < -0.4 is 0 Å². The predicted octanol–water partition coefficient (Wildman–Crippen LogP) is 2.27. The average molecular weight is 236 g/mol. The predicted molar refractivity (Wildman–Crippen MR) is 65.1 cm³/mol. The maximum atomic E-state index is 12.3. The van der Waals surface area contributed by atoms with Gasteiger partial charge in [0, 0.05) is 27.8 Å². The van der Waals surface area contributed by atoms with Gasteiger partial charge in [-0.2, -0.15) is 0 Å². The van der Waals surface area contributed by atoms with Gasteiger partial charge in [0.1, 0.15) is 0 Å². The highest BCUT2D eigenvalue weighted by Gasteiger charge is 2.30. The lowest BCUT2D eigenvalue weighted by molar-refractivity contribution is 0.0976. The van der Waals surface area contributed by atoms with E-state index < -0.39 is 0 Å². The first-order valence-corrected chi connectivity index (χ1v) is 5.50. The molecule has 1 aliphatic rings. The van der Waals surface area contributed by atoms with Crippen molar-refractivity contribution in [1.82, 2.24) is 0 Å². The second-order valence-electron chi connectivity index (χ2n) is 4.09. The molecule has 2 aromatic carbocycles. The zero-order valence-electron chi connectivity index (χ0n) is 9.34. The third-order valence-electron chi connectivity index (χ3n) is 3.11. The van der Waals surface area contributed by atoms with Gasteiger partial charge in [0.2, 0.25) is 0 Å². The van der Waals surface area contributed by atoms with Crippen molar-refractivity contribution in [2.45, 2.75) is 0 Å². The molecule has 0 atom stereocenters. The zero-order valence-corrected chi connectivity index (χ0v) is 9.34. The van der Waals surface area contributed by atoms with Crippen LogP contribution in [0.2, 0.25) is 0 Å². The lowest BCUT2D eigenvalue weighted by Crippen LogP contribution is -2.22. The van der Waals surface area contributed by atoms with E-state index in [2.05, 4.69) is 0 Å². The summed E-state index contributed by atoms with van der Waals surface area (Å²) in [6.07, 6.45) is 0.609. The number of aldehydes is 1. The summed E-state index contributed by atoms with van der Waals surface area (Å²) in [5.74, 6) is -0.466. The van der Waals surface area contributed by atoms with Crippen LogP contribution in [0.25, 0.3) is 0 Å². The second-order valence-corrected chi connectivity index (χ2v) is 4.09. The van der Waals surface area contributed by atoms with E-state index in [0.717, 1.165) is 0 Å². The van der Waals surface area contributed by atoms with E-state index in [1.807, 2.05) is 0 Å². The molecular weight excluding hydrogens is 228 g/mol. The molecule has 2 aromatic rings. The van der Waals surface area contributed by atoms with Gasteiger partial charge < -0.3 is 0 Å². The molecule has 0 unspecified atom stereocenters. The molecule has 0 aliphatic heterocycles. The van der Waals surface area contributed by atoms with Gasteiger partial charge in [-0.1, -0.05) is 42.5 Å². The summed E-state index contributed by atoms with van der Waals surface area (Å²) in [6, 6.07) is 11.4. The fourth-order valence-electron chi connectivity index (χ4n) is 2.27. The molecule has 86 valence electrons. The molecule has 0 bridgehead atoms. The van der Waals surface area contributed by atoms with E-state index in [0.29, 0.717) is 23.0 Å². The number of benzene rings is 2. The van der Waals surface area contributed by atoms with Crippen LogP contribution in [-0.2, 0) is 0 Å². The summed E-state index contributed by atoms with van der Waals surface area (Å²) in [4.78, 5) is 35.6. The van der Waals surface area contributed by atoms with E-state index in [4.69, 9.17) is 0 Å². The first kappa shape index (κ1) is 10.6. The number of fused-ring (bicyclic) bond motifs is 2. The quantitative estimate of drug-likeness (QED) is 0.609. The molecule has 3 nitrogen and oxygen atoms in total. The van der Waals surface area contributed by atoms with Gasteiger partial charge in [0.05, 0.1) is 0 Å². The van der Waals surface area contributed by atoms with E-state index in [1.165, 1.54) is 0 Å². The molecule has 0 saturated carbocycles. The molecule has 1 aliphatic carbocycles. The number of ketones is 2. The fourth-order valence-corrected chi connectivity index (χ4v) is 2.27. The van der Waals surface area contributed by atoms with Crippen LogP contribution >= 0.6 is 0 Å². The normalized spacial score (nSPS) is 12.9. The van der Waals surface area contributed by atoms with Crippen molar-refractivity contribution in [3.63, 3.8) is 0 Å². The van der Waals surface area contributed by atoms with Crippen molar-refractivity contribution >= 4 is 17.9 Å². The van der Waals surface area contributed by atoms with E-state index in [-0.39, 0.29) is 22.7 Å². The minimum absolute atomic E-state index is 0.205. The van der Waals surface area contributed by atoms with Crippen molar-refractivity contribution in [3.05, 3.63) is 70.3 Å². The largest absolute Gasteiger partial charge is 0.298 e. The SMILES string of the molecule is O=Cc1cccc2c1C(=O)c1ccccc1C2=O. The van der Waals surface area contributed by atoms with E-state index in [9.17, 15) is 14.4 Å². The molecule has 3 rings (SSSR count). The van der Waals surface area contributed by atoms with Crippen molar-refractivity contribution in [2.75, 3.05) is 0 Å². The third-order valence-corrected chi connectivity index (χ3v) is 3.11. The van der Waals surface area contributed by atoms with Gasteiger partial charge in [-0.15, -0.1) is 0 Å². The van der Waals surface area contributed by atoms with Gasteiger partial charge in [-0.3, -0.25) is 14.4 Å². The Kier molecular flexibility index (Phi) is 2.20. The lowest BCUT2D eigenvalue weighted by Gasteiger charge is -2.18. The van der Waals surface area contributed by atoms with Crippen molar-refractivity contribution in [3.8, 4) is 0 Å². The minimum Gasteiger partial charge on any atom is -0.298 e. The number of carbonyl (C=O) groups is 3. The van der Waals surface area contributed by atoms with E-state index in [1.54, 1.807) is 42.5 Å². The number of rotatable bonds is 1. The standard InChI is InChI=1S/C15H8O3/c16-8-9-4-3-7-12-13(9)15(18)11-6-2-1-5-10(11)14(12)17/h1-8H. The Hall–Kier alpha value is -2.55. The first-order chi connectivity index (χ1) is 8.74. The topological polar surface area (TPSA) is 51.2 Å². The van der Waals surface area contributed by atoms with Crippen molar-refractivity contribution in [2.24, 2.45) is 0 Å². The van der Waals surface area contributed by atoms with Crippen LogP contribution in [0.3, 0.4) is 0 Å². The summed E-state index contributed by atoms with van der Waals surface area (Å²) >= 11 is 0. The highest BCUT2D eigenvalue weighted by molar-refractivity contribution is 6.30. The van der Waals surface area contributed by atoms with Crippen LogP contribution in [-0.4, -0.2) is 17.9 Å². The number of hydrogen-bond donors (Lipinski definition) is 0. The van der Waals surface area contributed by atoms with Crippen LogP contribution in [0, 0.1) is 0 Å². The molecule has 0 N–H and O–H groups in total. The van der Waals surface area contributed by atoms with Crippen molar-refractivity contribution < 1.29 is 14.4 Å². The molecule has 0 radical (unpaired) electrons. The van der Waals surface area contributed by atoms with Gasteiger partial charge >= 0.3 is 0 Å². The zero-order chi connectivity index (χ0) is 12.7. The molecule has 0 fully saturated rings. The van der Waals surface area contributed by atoms with Gasteiger partial charge in [-0.25, -0.2) is 0 Å². The Morgan fingerprint density at radius 3 is 2.00 bits per heavy atom. The molecule has 0 heterocycles. The lowest BCUT2D eigenvalue weighted by atomic mass is 9.82. The summed E-state index contributed by atoms with van der Waals surface area (Å²) in [7, 11) is 0.